The fraction of sp³-hybridized carbons (Fsp3) is 0.500. The molecule has 0 N–H and O–H groups in total. The lowest BCUT2D eigenvalue weighted by Crippen LogP contribution is -2.27. The van der Waals surface area contributed by atoms with Gasteiger partial charge in [0, 0.05) is 10.9 Å². The number of carbonyl (C=O) groups excluding carboxylic acids is 2. The van der Waals surface area contributed by atoms with Crippen molar-refractivity contribution in [3.63, 3.8) is 0 Å². The van der Waals surface area contributed by atoms with Gasteiger partial charge >= 0.3 is 0 Å². The molecule has 1 aromatic carbocycles. The largest absolute Gasteiger partial charge is 0.299 e. The van der Waals surface area contributed by atoms with E-state index in [1.54, 1.807) is 0 Å². The SMILES string of the molecule is CCCCC(c1ccc(Cl)cc1)C(C(C)=O)C(C)=O. The normalized spacial score (nSPS) is 12.5. The molecule has 1 unspecified atom stereocenters. The van der Waals surface area contributed by atoms with Gasteiger partial charge in [0.1, 0.15) is 11.6 Å². The number of hydrogen-bond acceptors (Lipinski definition) is 2. The fourth-order valence-electron chi connectivity index (χ4n) is 2.51. The molecule has 0 aliphatic carbocycles. The average molecular weight is 281 g/mol. The van der Waals surface area contributed by atoms with E-state index in [1.807, 2.05) is 24.3 Å². The van der Waals surface area contributed by atoms with E-state index in [-0.39, 0.29) is 17.5 Å². The first-order chi connectivity index (χ1) is 8.97. The predicted molar refractivity (Wildman–Crippen MR) is 78.6 cm³/mol. The number of halogens is 1. The zero-order valence-corrected chi connectivity index (χ0v) is 12.5. The van der Waals surface area contributed by atoms with Gasteiger partial charge in [0.2, 0.25) is 0 Å². The number of benzene rings is 1. The van der Waals surface area contributed by atoms with Crippen molar-refractivity contribution in [3.8, 4) is 0 Å². The second-order valence-corrected chi connectivity index (χ2v) is 5.44. The molecule has 0 heterocycles. The topological polar surface area (TPSA) is 34.1 Å². The Labute approximate surface area is 120 Å². The first-order valence-corrected chi connectivity index (χ1v) is 7.11. The van der Waals surface area contributed by atoms with E-state index in [1.165, 1.54) is 13.8 Å². The summed E-state index contributed by atoms with van der Waals surface area (Å²) in [6.45, 7) is 5.11. The number of rotatable bonds is 7. The van der Waals surface area contributed by atoms with Gasteiger partial charge in [-0.25, -0.2) is 0 Å². The lowest BCUT2D eigenvalue weighted by Gasteiger charge is -2.23. The highest BCUT2D eigenvalue weighted by atomic mass is 35.5. The second-order valence-electron chi connectivity index (χ2n) is 5.00. The highest BCUT2D eigenvalue weighted by Gasteiger charge is 2.30. The van der Waals surface area contributed by atoms with Crippen LogP contribution < -0.4 is 0 Å². The van der Waals surface area contributed by atoms with E-state index in [0.29, 0.717) is 5.02 Å². The molecular formula is C16H21ClO2. The van der Waals surface area contributed by atoms with Crippen LogP contribution in [0.25, 0.3) is 0 Å². The summed E-state index contributed by atoms with van der Waals surface area (Å²) in [4.78, 5) is 23.6. The number of unbranched alkanes of at least 4 members (excludes halogenated alkanes) is 1. The van der Waals surface area contributed by atoms with E-state index < -0.39 is 5.92 Å². The summed E-state index contributed by atoms with van der Waals surface area (Å²) >= 11 is 5.89. The Kier molecular flexibility index (Phi) is 6.23. The third-order valence-electron chi connectivity index (χ3n) is 3.45. The molecule has 1 rings (SSSR count). The summed E-state index contributed by atoms with van der Waals surface area (Å²) in [6.07, 6.45) is 2.90. The van der Waals surface area contributed by atoms with Crippen LogP contribution in [0.1, 0.15) is 51.5 Å². The molecule has 2 nitrogen and oxygen atoms in total. The van der Waals surface area contributed by atoms with Crippen LogP contribution in [0.5, 0.6) is 0 Å². The van der Waals surface area contributed by atoms with Crippen molar-refractivity contribution in [3.05, 3.63) is 34.9 Å². The fourth-order valence-corrected chi connectivity index (χ4v) is 2.64. The van der Waals surface area contributed by atoms with Crippen molar-refractivity contribution in [1.82, 2.24) is 0 Å². The van der Waals surface area contributed by atoms with E-state index in [9.17, 15) is 9.59 Å². The molecule has 0 spiro atoms. The molecule has 0 fully saturated rings. The lowest BCUT2D eigenvalue weighted by atomic mass is 9.78. The zero-order valence-electron chi connectivity index (χ0n) is 11.8. The van der Waals surface area contributed by atoms with Crippen LogP contribution in [0.3, 0.4) is 0 Å². The Morgan fingerprint density at radius 1 is 1.11 bits per heavy atom. The standard InChI is InChI=1S/C16H21ClO2/c1-4-5-6-15(16(11(2)18)12(3)19)13-7-9-14(17)10-8-13/h7-10,15-16H,4-6H2,1-3H3. The first kappa shape index (κ1) is 15.9. The first-order valence-electron chi connectivity index (χ1n) is 6.73. The van der Waals surface area contributed by atoms with Crippen LogP contribution in [-0.4, -0.2) is 11.6 Å². The van der Waals surface area contributed by atoms with Crippen LogP contribution in [0.4, 0.5) is 0 Å². The van der Waals surface area contributed by atoms with Crippen LogP contribution in [-0.2, 0) is 9.59 Å². The molecule has 0 saturated carbocycles. The molecule has 19 heavy (non-hydrogen) atoms. The quantitative estimate of drug-likeness (QED) is 0.693. The predicted octanol–water partition coefficient (Wildman–Crippen LogP) is 4.41. The summed E-state index contributed by atoms with van der Waals surface area (Å²) in [6, 6.07) is 7.46. The van der Waals surface area contributed by atoms with Crippen LogP contribution in [0.15, 0.2) is 24.3 Å². The van der Waals surface area contributed by atoms with Crippen LogP contribution in [0, 0.1) is 5.92 Å². The minimum absolute atomic E-state index is 0.0350. The molecule has 0 bridgehead atoms. The molecule has 104 valence electrons. The number of hydrogen-bond donors (Lipinski definition) is 0. The van der Waals surface area contributed by atoms with Crippen molar-refractivity contribution >= 4 is 23.2 Å². The summed E-state index contributed by atoms with van der Waals surface area (Å²) < 4.78 is 0. The van der Waals surface area contributed by atoms with Gasteiger partial charge in [-0.3, -0.25) is 9.59 Å². The lowest BCUT2D eigenvalue weighted by molar-refractivity contribution is -0.131. The van der Waals surface area contributed by atoms with Gasteiger partial charge in [0.15, 0.2) is 0 Å². The van der Waals surface area contributed by atoms with E-state index in [4.69, 9.17) is 11.6 Å². The highest BCUT2D eigenvalue weighted by Crippen LogP contribution is 2.32. The molecule has 1 aromatic rings. The van der Waals surface area contributed by atoms with Gasteiger partial charge in [0.05, 0.1) is 5.92 Å². The van der Waals surface area contributed by atoms with E-state index in [0.717, 1.165) is 24.8 Å². The Morgan fingerprint density at radius 2 is 1.63 bits per heavy atom. The summed E-state index contributed by atoms with van der Waals surface area (Å²) in [5.41, 5.74) is 1.02. The number of Topliss-reactive ketones (excluding diaryl/α,β-unsaturated/α-hetero) is 2. The maximum Gasteiger partial charge on any atom is 0.140 e. The molecule has 0 aliphatic heterocycles. The smallest absolute Gasteiger partial charge is 0.140 e. The number of carbonyl (C=O) groups is 2. The third-order valence-corrected chi connectivity index (χ3v) is 3.70. The van der Waals surface area contributed by atoms with Gasteiger partial charge in [-0.15, -0.1) is 0 Å². The van der Waals surface area contributed by atoms with Crippen LogP contribution >= 0.6 is 11.6 Å². The Bertz CT molecular complexity index is 423. The number of ketones is 2. The maximum absolute atomic E-state index is 11.8. The molecule has 0 amide bonds. The van der Waals surface area contributed by atoms with Crippen molar-refractivity contribution in [1.29, 1.82) is 0 Å². The minimum Gasteiger partial charge on any atom is -0.299 e. The van der Waals surface area contributed by atoms with Gasteiger partial charge in [0.25, 0.3) is 0 Å². The van der Waals surface area contributed by atoms with Crippen molar-refractivity contribution in [2.45, 2.75) is 46.0 Å². The van der Waals surface area contributed by atoms with Gasteiger partial charge in [-0.2, -0.15) is 0 Å². The summed E-state index contributed by atoms with van der Waals surface area (Å²) in [5.74, 6) is -0.674. The van der Waals surface area contributed by atoms with E-state index in [2.05, 4.69) is 6.92 Å². The van der Waals surface area contributed by atoms with Crippen molar-refractivity contribution in [2.75, 3.05) is 0 Å². The molecule has 0 radical (unpaired) electrons. The Balaban J connectivity index is 3.08. The van der Waals surface area contributed by atoms with Gasteiger partial charge in [-0.1, -0.05) is 43.5 Å². The Morgan fingerprint density at radius 3 is 2.05 bits per heavy atom. The zero-order chi connectivity index (χ0) is 14.4. The van der Waals surface area contributed by atoms with Gasteiger partial charge < -0.3 is 0 Å². The average Bonchev–Trinajstić information content (AvgIpc) is 2.34. The molecule has 0 saturated heterocycles. The highest BCUT2D eigenvalue weighted by molar-refractivity contribution is 6.30. The molecule has 1 atom stereocenters. The van der Waals surface area contributed by atoms with Crippen molar-refractivity contribution < 1.29 is 9.59 Å². The summed E-state index contributed by atoms with van der Waals surface area (Å²) in [5, 5.41) is 0.667. The van der Waals surface area contributed by atoms with Crippen molar-refractivity contribution in [2.24, 2.45) is 5.92 Å². The molecule has 0 aromatic heterocycles. The second kappa shape index (κ2) is 7.44. The minimum atomic E-state index is -0.535. The molecule has 3 heteroatoms. The van der Waals surface area contributed by atoms with Crippen LogP contribution in [0.2, 0.25) is 5.02 Å². The van der Waals surface area contributed by atoms with Gasteiger partial charge in [-0.05, 0) is 38.0 Å². The maximum atomic E-state index is 11.8. The Hall–Kier alpha value is -1.15. The molecular weight excluding hydrogens is 260 g/mol. The monoisotopic (exact) mass is 280 g/mol. The summed E-state index contributed by atoms with van der Waals surface area (Å²) in [7, 11) is 0. The molecule has 0 aliphatic rings. The third kappa shape index (κ3) is 4.46. The van der Waals surface area contributed by atoms with E-state index >= 15 is 0 Å².